The Labute approximate surface area is 177 Å². The molecule has 1 aromatic rings. The summed E-state index contributed by atoms with van der Waals surface area (Å²) in [6.45, 7) is 6.24. The number of hydrogen-bond acceptors (Lipinski definition) is 7. The summed E-state index contributed by atoms with van der Waals surface area (Å²) in [6.07, 6.45) is 0.604. The minimum Gasteiger partial charge on any atom is -0.508 e. The van der Waals surface area contributed by atoms with Gasteiger partial charge in [0.05, 0.1) is 16.4 Å². The highest BCUT2D eigenvalue weighted by Crippen LogP contribution is 2.26. The molecule has 1 aliphatic heterocycles. The zero-order valence-electron chi connectivity index (χ0n) is 17.7. The SMILES string of the molecule is CC(=N)/C(C(C)=O)=C(/O)COC(=O)C1CCN(S(=O)(=O)c2ccc(C)c(C)c2)CC1. The number of aliphatic hydroxyl groups excluding tert-OH is 1. The van der Waals surface area contributed by atoms with E-state index in [1.54, 1.807) is 18.2 Å². The lowest BCUT2D eigenvalue weighted by Crippen LogP contribution is -2.40. The second-order valence-electron chi connectivity index (χ2n) is 7.54. The van der Waals surface area contributed by atoms with Gasteiger partial charge < -0.3 is 15.3 Å². The number of benzene rings is 1. The summed E-state index contributed by atoms with van der Waals surface area (Å²) in [5, 5.41) is 17.5. The van der Waals surface area contributed by atoms with Gasteiger partial charge in [0.15, 0.2) is 5.78 Å². The number of aryl methyl sites for hydroxylation is 2. The fourth-order valence-electron chi connectivity index (χ4n) is 3.37. The Balaban J connectivity index is 1.99. The molecule has 30 heavy (non-hydrogen) atoms. The number of allylic oxidation sites excluding steroid dienone is 1. The molecular weight excluding hydrogens is 408 g/mol. The van der Waals surface area contributed by atoms with Crippen molar-refractivity contribution in [3.05, 3.63) is 40.7 Å². The third-order valence-corrected chi connectivity index (χ3v) is 7.16. The predicted molar refractivity (Wildman–Crippen MR) is 112 cm³/mol. The third kappa shape index (κ3) is 5.34. The number of ether oxygens (including phenoxy) is 1. The summed E-state index contributed by atoms with van der Waals surface area (Å²) < 4.78 is 32.2. The molecule has 0 radical (unpaired) electrons. The summed E-state index contributed by atoms with van der Waals surface area (Å²) in [5.74, 6) is -2.00. The maximum atomic E-state index is 12.9. The highest BCUT2D eigenvalue weighted by atomic mass is 32.2. The largest absolute Gasteiger partial charge is 0.508 e. The van der Waals surface area contributed by atoms with Gasteiger partial charge >= 0.3 is 5.97 Å². The molecule has 0 aromatic heterocycles. The maximum Gasteiger partial charge on any atom is 0.309 e. The summed E-state index contributed by atoms with van der Waals surface area (Å²) in [7, 11) is -3.63. The van der Waals surface area contributed by atoms with Gasteiger partial charge in [-0.05, 0) is 63.8 Å². The van der Waals surface area contributed by atoms with Crippen molar-refractivity contribution in [1.82, 2.24) is 4.31 Å². The Bertz CT molecular complexity index is 973. The first-order chi connectivity index (χ1) is 13.9. The standard InChI is InChI=1S/C21H28N2O6S/c1-13-5-6-18(11-14(13)2)30(27,28)23-9-7-17(8-10-23)21(26)29-12-19(25)20(15(3)22)16(4)24/h5-6,11,17,22,25H,7-10,12H2,1-4H3/b20-19-,22-15?. The minimum atomic E-state index is -3.63. The van der Waals surface area contributed by atoms with Crippen molar-refractivity contribution < 1.29 is 27.9 Å². The first kappa shape index (κ1) is 23.8. The zero-order chi connectivity index (χ0) is 22.6. The molecule has 2 N–H and O–H groups in total. The average Bonchev–Trinajstić information content (AvgIpc) is 2.67. The molecular formula is C21H28N2O6S. The van der Waals surface area contributed by atoms with Crippen molar-refractivity contribution in [1.29, 1.82) is 5.41 Å². The van der Waals surface area contributed by atoms with Crippen LogP contribution >= 0.6 is 0 Å². The van der Waals surface area contributed by atoms with Crippen LogP contribution in [0.1, 0.15) is 37.8 Å². The molecule has 0 aliphatic carbocycles. The van der Waals surface area contributed by atoms with E-state index in [-0.39, 0.29) is 29.3 Å². The Morgan fingerprint density at radius 1 is 1.17 bits per heavy atom. The molecule has 0 atom stereocenters. The summed E-state index contributed by atoms with van der Waals surface area (Å²) in [5.41, 5.74) is 1.63. The van der Waals surface area contributed by atoms with E-state index in [9.17, 15) is 23.1 Å². The van der Waals surface area contributed by atoms with Crippen molar-refractivity contribution in [3.63, 3.8) is 0 Å². The number of hydrogen-bond donors (Lipinski definition) is 2. The Kier molecular flexibility index (Phi) is 7.54. The van der Waals surface area contributed by atoms with Crippen molar-refractivity contribution in [3.8, 4) is 0 Å². The summed E-state index contributed by atoms with van der Waals surface area (Å²) >= 11 is 0. The smallest absolute Gasteiger partial charge is 0.309 e. The first-order valence-electron chi connectivity index (χ1n) is 9.67. The Hall–Kier alpha value is -2.52. The minimum absolute atomic E-state index is 0.110. The van der Waals surface area contributed by atoms with Crippen LogP contribution in [-0.4, -0.2) is 55.0 Å². The second kappa shape index (κ2) is 9.53. The summed E-state index contributed by atoms with van der Waals surface area (Å²) in [6, 6.07) is 5.01. The number of Topliss-reactive ketones (excluding diaryl/α,β-unsaturated/α-hetero) is 1. The Morgan fingerprint density at radius 2 is 1.77 bits per heavy atom. The van der Waals surface area contributed by atoms with Crippen LogP contribution in [0, 0.1) is 25.2 Å². The van der Waals surface area contributed by atoms with Gasteiger partial charge in [-0.2, -0.15) is 4.31 Å². The van der Waals surface area contributed by atoms with Crippen LogP contribution in [0.3, 0.4) is 0 Å². The topological polar surface area (TPSA) is 125 Å². The number of sulfonamides is 1. The zero-order valence-corrected chi connectivity index (χ0v) is 18.5. The molecule has 0 amide bonds. The van der Waals surface area contributed by atoms with E-state index in [4.69, 9.17) is 10.1 Å². The van der Waals surface area contributed by atoms with Gasteiger partial charge in [-0.15, -0.1) is 0 Å². The lowest BCUT2D eigenvalue weighted by Gasteiger charge is -2.30. The molecule has 1 aliphatic rings. The molecule has 2 rings (SSSR count). The quantitative estimate of drug-likeness (QED) is 0.293. The van der Waals surface area contributed by atoms with Crippen molar-refractivity contribution >= 4 is 27.5 Å². The second-order valence-corrected chi connectivity index (χ2v) is 9.47. The molecule has 0 saturated carbocycles. The monoisotopic (exact) mass is 436 g/mol. The Morgan fingerprint density at radius 3 is 2.27 bits per heavy atom. The first-order valence-corrected chi connectivity index (χ1v) is 11.1. The van der Waals surface area contributed by atoms with Crippen LogP contribution in [0.2, 0.25) is 0 Å². The van der Waals surface area contributed by atoms with E-state index in [2.05, 4.69) is 0 Å². The molecule has 164 valence electrons. The van der Waals surface area contributed by atoms with Crippen molar-refractivity contribution in [2.45, 2.75) is 45.4 Å². The number of nitrogens with one attached hydrogen (secondary N) is 1. The lowest BCUT2D eigenvalue weighted by molar-refractivity contribution is -0.149. The highest BCUT2D eigenvalue weighted by molar-refractivity contribution is 7.89. The number of nitrogens with zero attached hydrogens (tertiary/aromatic N) is 1. The predicted octanol–water partition coefficient (Wildman–Crippen LogP) is 2.69. The normalized spacial score (nSPS) is 16.7. The van der Waals surface area contributed by atoms with Gasteiger partial charge in [-0.25, -0.2) is 8.42 Å². The maximum absolute atomic E-state index is 12.9. The van der Waals surface area contributed by atoms with Crippen LogP contribution in [0.4, 0.5) is 0 Å². The average molecular weight is 437 g/mol. The summed E-state index contributed by atoms with van der Waals surface area (Å²) in [4.78, 5) is 24.0. The fourth-order valence-corrected chi connectivity index (χ4v) is 4.92. The molecule has 9 heteroatoms. The fraction of sp³-hybridized carbons (Fsp3) is 0.476. The van der Waals surface area contributed by atoms with Gasteiger partial charge in [0.25, 0.3) is 0 Å². The molecule has 1 aromatic carbocycles. The number of esters is 1. The van der Waals surface area contributed by atoms with Gasteiger partial charge in [0, 0.05) is 18.8 Å². The van der Waals surface area contributed by atoms with Crippen LogP contribution in [-0.2, 0) is 24.3 Å². The van der Waals surface area contributed by atoms with E-state index < -0.39 is 40.1 Å². The van der Waals surface area contributed by atoms with Gasteiger partial charge in [-0.3, -0.25) is 9.59 Å². The number of carbonyl (C=O) groups excluding carboxylic acids is 2. The highest BCUT2D eigenvalue weighted by Gasteiger charge is 2.33. The molecule has 8 nitrogen and oxygen atoms in total. The van der Waals surface area contributed by atoms with Gasteiger partial charge in [0.2, 0.25) is 10.0 Å². The number of piperidine rings is 1. The van der Waals surface area contributed by atoms with Gasteiger partial charge in [0.1, 0.15) is 12.4 Å². The van der Waals surface area contributed by atoms with Crippen LogP contribution < -0.4 is 0 Å². The molecule has 1 fully saturated rings. The lowest BCUT2D eigenvalue weighted by atomic mass is 9.98. The number of carbonyl (C=O) groups is 2. The number of ketones is 1. The van der Waals surface area contributed by atoms with Crippen LogP contribution in [0.25, 0.3) is 0 Å². The number of aliphatic hydroxyl groups is 1. The van der Waals surface area contributed by atoms with Crippen molar-refractivity contribution in [2.24, 2.45) is 5.92 Å². The van der Waals surface area contributed by atoms with Crippen LogP contribution in [0.15, 0.2) is 34.4 Å². The van der Waals surface area contributed by atoms with Crippen molar-refractivity contribution in [2.75, 3.05) is 19.7 Å². The van der Waals surface area contributed by atoms with E-state index in [0.29, 0.717) is 12.8 Å². The molecule has 0 bridgehead atoms. The van der Waals surface area contributed by atoms with E-state index >= 15 is 0 Å². The van der Waals surface area contributed by atoms with Crippen LogP contribution in [0.5, 0.6) is 0 Å². The molecule has 1 heterocycles. The third-order valence-electron chi connectivity index (χ3n) is 5.27. The molecule has 0 unspecified atom stereocenters. The molecule has 1 saturated heterocycles. The van der Waals surface area contributed by atoms with Gasteiger partial charge in [-0.1, -0.05) is 6.07 Å². The molecule has 0 spiro atoms. The van der Waals surface area contributed by atoms with E-state index in [1.807, 2.05) is 13.8 Å². The van der Waals surface area contributed by atoms with E-state index in [1.165, 1.54) is 18.2 Å². The van der Waals surface area contributed by atoms with E-state index in [0.717, 1.165) is 11.1 Å². The number of rotatable bonds is 7.